The Hall–Kier alpha value is -3.47. The average molecular weight is 342 g/mol. The Labute approximate surface area is 151 Å². The van der Waals surface area contributed by atoms with Crippen molar-refractivity contribution in [2.24, 2.45) is 0 Å². The molecule has 2 aromatic heterocycles. The zero-order valence-corrected chi connectivity index (χ0v) is 14.1. The van der Waals surface area contributed by atoms with E-state index in [1.807, 2.05) is 54.6 Å². The fourth-order valence-corrected chi connectivity index (χ4v) is 3.06. The van der Waals surface area contributed by atoms with Crippen molar-refractivity contribution in [2.45, 2.75) is 6.42 Å². The quantitative estimate of drug-likeness (QED) is 0.582. The van der Waals surface area contributed by atoms with Crippen LogP contribution in [0.4, 0.5) is 0 Å². The zero-order valence-electron chi connectivity index (χ0n) is 14.1. The number of pyridine rings is 1. The highest BCUT2D eigenvalue weighted by Gasteiger charge is 2.14. The molecule has 0 aliphatic rings. The number of carbonyl (C=O) groups excluding carboxylic acids is 1. The Kier molecular flexibility index (Phi) is 4.43. The van der Waals surface area contributed by atoms with Crippen molar-refractivity contribution in [3.05, 3.63) is 84.2 Å². The lowest BCUT2D eigenvalue weighted by Crippen LogP contribution is -2.26. The van der Waals surface area contributed by atoms with E-state index in [9.17, 15) is 4.79 Å². The van der Waals surface area contributed by atoms with Gasteiger partial charge in [0, 0.05) is 23.7 Å². The summed E-state index contributed by atoms with van der Waals surface area (Å²) < 4.78 is 0. The highest BCUT2D eigenvalue weighted by Crippen LogP contribution is 2.20. The SMILES string of the molecule is O=C(NCCc1cccc2cccnc12)c1cn[nH]c1-c1ccccc1. The molecule has 2 aromatic carbocycles. The molecule has 0 atom stereocenters. The Bertz CT molecular complexity index is 1030. The van der Waals surface area contributed by atoms with Crippen LogP contribution in [0.5, 0.6) is 0 Å². The Morgan fingerprint density at radius 1 is 1.00 bits per heavy atom. The number of carbonyl (C=O) groups is 1. The highest BCUT2D eigenvalue weighted by molar-refractivity contribution is 5.99. The first-order chi connectivity index (χ1) is 12.8. The number of para-hydroxylation sites is 1. The van der Waals surface area contributed by atoms with Gasteiger partial charge in [-0.1, -0.05) is 54.6 Å². The topological polar surface area (TPSA) is 70.7 Å². The number of aromatic amines is 1. The standard InChI is InChI=1S/C21H18N4O/c26-21(18-14-24-25-20(18)16-6-2-1-3-7-16)23-13-11-17-9-4-8-15-10-5-12-22-19(15)17/h1-10,12,14H,11,13H2,(H,23,26)(H,24,25). The number of amides is 1. The van der Waals surface area contributed by atoms with Crippen LogP contribution >= 0.6 is 0 Å². The molecule has 0 spiro atoms. The van der Waals surface area contributed by atoms with Crippen LogP contribution in [0.3, 0.4) is 0 Å². The van der Waals surface area contributed by atoms with Crippen molar-refractivity contribution in [3.63, 3.8) is 0 Å². The molecule has 0 aliphatic carbocycles. The van der Waals surface area contributed by atoms with Crippen LogP contribution < -0.4 is 5.32 Å². The monoisotopic (exact) mass is 342 g/mol. The Morgan fingerprint density at radius 2 is 1.85 bits per heavy atom. The van der Waals surface area contributed by atoms with E-state index in [4.69, 9.17) is 0 Å². The van der Waals surface area contributed by atoms with E-state index in [0.717, 1.165) is 34.1 Å². The van der Waals surface area contributed by atoms with E-state index in [1.54, 1.807) is 12.4 Å². The maximum absolute atomic E-state index is 12.6. The van der Waals surface area contributed by atoms with Gasteiger partial charge in [-0.25, -0.2) is 0 Å². The largest absolute Gasteiger partial charge is 0.352 e. The average Bonchev–Trinajstić information content (AvgIpc) is 3.19. The number of rotatable bonds is 5. The molecular weight excluding hydrogens is 324 g/mol. The first kappa shape index (κ1) is 16.0. The summed E-state index contributed by atoms with van der Waals surface area (Å²) in [6.45, 7) is 0.536. The Morgan fingerprint density at radius 3 is 2.73 bits per heavy atom. The zero-order chi connectivity index (χ0) is 17.8. The third-order valence-electron chi connectivity index (χ3n) is 4.34. The van der Waals surface area contributed by atoms with Gasteiger partial charge < -0.3 is 5.32 Å². The summed E-state index contributed by atoms with van der Waals surface area (Å²) in [4.78, 5) is 17.0. The number of nitrogens with zero attached hydrogens (tertiary/aromatic N) is 2. The van der Waals surface area contributed by atoms with Crippen LogP contribution in [0.25, 0.3) is 22.2 Å². The predicted octanol–water partition coefficient (Wildman–Crippen LogP) is 3.60. The fraction of sp³-hybridized carbons (Fsp3) is 0.0952. The van der Waals surface area contributed by atoms with Gasteiger partial charge in [0.25, 0.3) is 5.91 Å². The molecule has 0 fully saturated rings. The van der Waals surface area contributed by atoms with E-state index in [1.165, 1.54) is 0 Å². The number of hydrogen-bond acceptors (Lipinski definition) is 3. The molecule has 128 valence electrons. The molecule has 0 unspecified atom stereocenters. The molecule has 2 heterocycles. The lowest BCUT2D eigenvalue weighted by atomic mass is 10.1. The third-order valence-corrected chi connectivity index (χ3v) is 4.34. The second kappa shape index (κ2) is 7.19. The minimum atomic E-state index is -0.134. The van der Waals surface area contributed by atoms with Gasteiger partial charge in [-0.3, -0.25) is 14.9 Å². The molecule has 0 aliphatic heterocycles. The van der Waals surface area contributed by atoms with E-state index in [-0.39, 0.29) is 5.91 Å². The van der Waals surface area contributed by atoms with Gasteiger partial charge in [-0.2, -0.15) is 5.10 Å². The molecule has 2 N–H and O–H groups in total. The van der Waals surface area contributed by atoms with E-state index in [0.29, 0.717) is 12.1 Å². The molecule has 0 bridgehead atoms. The molecule has 5 heteroatoms. The molecule has 0 saturated heterocycles. The van der Waals surface area contributed by atoms with Crippen LogP contribution in [-0.2, 0) is 6.42 Å². The number of H-pyrrole nitrogens is 1. The van der Waals surface area contributed by atoms with E-state index in [2.05, 4.69) is 26.6 Å². The molecule has 0 saturated carbocycles. The summed E-state index contributed by atoms with van der Waals surface area (Å²) in [5, 5.41) is 11.0. The summed E-state index contributed by atoms with van der Waals surface area (Å²) in [6, 6.07) is 19.8. The number of aromatic nitrogens is 3. The highest BCUT2D eigenvalue weighted by atomic mass is 16.1. The smallest absolute Gasteiger partial charge is 0.255 e. The van der Waals surface area contributed by atoms with Gasteiger partial charge in [0.05, 0.1) is 23.0 Å². The van der Waals surface area contributed by atoms with Crippen LogP contribution in [0.2, 0.25) is 0 Å². The summed E-state index contributed by atoms with van der Waals surface area (Å²) >= 11 is 0. The molecule has 5 nitrogen and oxygen atoms in total. The van der Waals surface area contributed by atoms with Gasteiger partial charge in [0.2, 0.25) is 0 Å². The second-order valence-corrected chi connectivity index (χ2v) is 6.02. The third kappa shape index (κ3) is 3.19. The molecule has 26 heavy (non-hydrogen) atoms. The van der Waals surface area contributed by atoms with Crippen molar-refractivity contribution in [1.82, 2.24) is 20.5 Å². The molecular formula is C21H18N4O. The lowest BCUT2D eigenvalue weighted by Gasteiger charge is -2.08. The van der Waals surface area contributed by atoms with Crippen molar-refractivity contribution in [3.8, 4) is 11.3 Å². The maximum atomic E-state index is 12.6. The van der Waals surface area contributed by atoms with Gasteiger partial charge >= 0.3 is 0 Å². The number of nitrogens with one attached hydrogen (secondary N) is 2. The lowest BCUT2D eigenvalue weighted by molar-refractivity contribution is 0.0955. The molecule has 4 rings (SSSR count). The summed E-state index contributed by atoms with van der Waals surface area (Å²) in [7, 11) is 0. The van der Waals surface area contributed by atoms with Crippen molar-refractivity contribution in [1.29, 1.82) is 0 Å². The fourth-order valence-electron chi connectivity index (χ4n) is 3.06. The summed E-state index contributed by atoms with van der Waals surface area (Å²) in [6.07, 6.45) is 4.08. The van der Waals surface area contributed by atoms with Crippen molar-refractivity contribution >= 4 is 16.8 Å². The first-order valence-corrected chi connectivity index (χ1v) is 8.52. The van der Waals surface area contributed by atoms with Gasteiger partial charge in [0.15, 0.2) is 0 Å². The Balaban J connectivity index is 1.46. The maximum Gasteiger partial charge on any atom is 0.255 e. The normalized spacial score (nSPS) is 10.8. The second-order valence-electron chi connectivity index (χ2n) is 6.02. The minimum absolute atomic E-state index is 0.134. The molecule has 4 aromatic rings. The van der Waals surface area contributed by atoms with Crippen molar-refractivity contribution < 1.29 is 4.79 Å². The predicted molar refractivity (Wildman–Crippen MR) is 102 cm³/mol. The van der Waals surface area contributed by atoms with Crippen LogP contribution in [0, 0.1) is 0 Å². The summed E-state index contributed by atoms with van der Waals surface area (Å²) in [5.41, 5.74) is 4.33. The minimum Gasteiger partial charge on any atom is -0.352 e. The van der Waals surface area contributed by atoms with Gasteiger partial charge in [-0.15, -0.1) is 0 Å². The number of hydrogen-bond donors (Lipinski definition) is 2. The van der Waals surface area contributed by atoms with Crippen molar-refractivity contribution in [2.75, 3.05) is 6.54 Å². The van der Waals surface area contributed by atoms with Gasteiger partial charge in [-0.05, 0) is 18.1 Å². The molecule has 0 radical (unpaired) electrons. The van der Waals surface area contributed by atoms with Gasteiger partial charge in [0.1, 0.15) is 0 Å². The van der Waals surface area contributed by atoms with Crippen LogP contribution in [0.15, 0.2) is 73.1 Å². The van der Waals surface area contributed by atoms with E-state index >= 15 is 0 Å². The van der Waals surface area contributed by atoms with E-state index < -0.39 is 0 Å². The van der Waals surface area contributed by atoms with Crippen LogP contribution in [0.1, 0.15) is 15.9 Å². The van der Waals surface area contributed by atoms with Crippen LogP contribution in [-0.4, -0.2) is 27.6 Å². The molecule has 1 amide bonds. The number of benzene rings is 2. The number of fused-ring (bicyclic) bond motifs is 1. The first-order valence-electron chi connectivity index (χ1n) is 8.52. The summed E-state index contributed by atoms with van der Waals surface area (Å²) in [5.74, 6) is -0.134.